The summed E-state index contributed by atoms with van der Waals surface area (Å²) < 4.78 is 5.94. The maximum absolute atomic E-state index is 11.2. The summed E-state index contributed by atoms with van der Waals surface area (Å²) in [5.74, 6) is -0.671. The molecule has 0 atom stereocenters. The molecule has 3 aromatic heterocycles. The van der Waals surface area contributed by atoms with Gasteiger partial charge >= 0.3 is 5.97 Å². The molecular weight excluding hydrogens is 296 g/mol. The number of hydrogen-bond donors (Lipinski definition) is 2. The first-order valence-electron chi connectivity index (χ1n) is 5.65. The van der Waals surface area contributed by atoms with Crippen molar-refractivity contribution in [3.8, 4) is 15.5 Å². The van der Waals surface area contributed by atoms with Crippen molar-refractivity contribution >= 4 is 44.5 Å². The monoisotopic (exact) mass is 306 g/mol. The first-order chi connectivity index (χ1) is 9.61. The summed E-state index contributed by atoms with van der Waals surface area (Å²) in [7, 11) is 1.61. The fourth-order valence-corrected chi connectivity index (χ4v) is 3.95. The lowest BCUT2D eigenvalue weighted by molar-refractivity contribution is 0.0699. The van der Waals surface area contributed by atoms with Crippen molar-refractivity contribution < 1.29 is 14.6 Å². The first kappa shape index (κ1) is 12.9. The van der Waals surface area contributed by atoms with Crippen molar-refractivity contribution in [3.63, 3.8) is 0 Å². The number of aromatic carboxylic acids is 1. The Morgan fingerprint density at radius 3 is 3.00 bits per heavy atom. The zero-order valence-electron chi connectivity index (χ0n) is 10.4. The Kier molecular flexibility index (Phi) is 3.07. The molecule has 0 aromatic carbocycles. The molecule has 20 heavy (non-hydrogen) atoms. The number of fused-ring (bicyclic) bond motifs is 1. The molecule has 0 spiro atoms. The van der Waals surface area contributed by atoms with E-state index >= 15 is 0 Å². The Balaban J connectivity index is 2.27. The molecule has 0 bridgehead atoms. The van der Waals surface area contributed by atoms with Crippen molar-refractivity contribution in [2.75, 3.05) is 12.8 Å². The number of carboxylic acids is 1. The molecule has 3 aromatic rings. The van der Waals surface area contributed by atoms with Gasteiger partial charge < -0.3 is 15.6 Å². The molecule has 0 aliphatic carbocycles. The van der Waals surface area contributed by atoms with Gasteiger partial charge in [0.05, 0.1) is 17.4 Å². The van der Waals surface area contributed by atoms with Crippen LogP contribution in [-0.4, -0.2) is 23.2 Å². The van der Waals surface area contributed by atoms with Crippen molar-refractivity contribution in [2.45, 2.75) is 0 Å². The normalized spacial score (nSPS) is 10.8. The molecule has 0 saturated heterocycles. The maximum atomic E-state index is 11.2. The van der Waals surface area contributed by atoms with E-state index in [9.17, 15) is 9.90 Å². The molecule has 0 amide bonds. The van der Waals surface area contributed by atoms with Crippen LogP contribution in [0.1, 0.15) is 10.4 Å². The molecule has 0 aliphatic heterocycles. The summed E-state index contributed by atoms with van der Waals surface area (Å²) in [5, 5.41) is 12.6. The van der Waals surface area contributed by atoms with E-state index in [1.807, 2.05) is 17.5 Å². The fraction of sp³-hybridized carbons (Fsp3) is 0.0769. The third-order valence-corrected chi connectivity index (χ3v) is 4.97. The summed E-state index contributed by atoms with van der Waals surface area (Å²) in [4.78, 5) is 16.1. The van der Waals surface area contributed by atoms with E-state index in [1.165, 1.54) is 28.9 Å². The number of pyridine rings is 1. The number of thiophene rings is 2. The molecule has 0 unspecified atom stereocenters. The second-order valence-corrected chi connectivity index (χ2v) is 5.97. The number of aromatic nitrogens is 1. The Morgan fingerprint density at radius 2 is 2.30 bits per heavy atom. The molecule has 0 radical (unpaired) electrons. The molecule has 3 rings (SSSR count). The Morgan fingerprint density at radius 1 is 1.50 bits per heavy atom. The van der Waals surface area contributed by atoms with Crippen LogP contribution in [0.15, 0.2) is 23.7 Å². The second-order valence-electron chi connectivity index (χ2n) is 4.04. The number of carboxylic acid groups (broad SMARTS) is 1. The molecule has 0 fully saturated rings. The van der Waals surface area contributed by atoms with E-state index in [0.717, 1.165) is 15.5 Å². The minimum Gasteiger partial charge on any atom is -0.487 e. The van der Waals surface area contributed by atoms with Crippen molar-refractivity contribution in [2.24, 2.45) is 0 Å². The predicted octanol–water partition coefficient (Wildman–Crippen LogP) is 3.31. The zero-order chi connectivity index (χ0) is 14.3. The van der Waals surface area contributed by atoms with Crippen LogP contribution in [0.5, 0.6) is 5.06 Å². The fourth-order valence-electron chi connectivity index (χ4n) is 1.96. The van der Waals surface area contributed by atoms with E-state index in [2.05, 4.69) is 4.98 Å². The number of hydrogen-bond acceptors (Lipinski definition) is 6. The lowest BCUT2D eigenvalue weighted by Crippen LogP contribution is -1.99. The van der Waals surface area contributed by atoms with Gasteiger partial charge in [-0.25, -0.2) is 9.78 Å². The van der Waals surface area contributed by atoms with Gasteiger partial charge in [-0.2, -0.15) is 0 Å². The number of anilines is 1. The minimum absolute atomic E-state index is 0.166. The van der Waals surface area contributed by atoms with Crippen LogP contribution in [0.2, 0.25) is 0 Å². The van der Waals surface area contributed by atoms with E-state index in [0.29, 0.717) is 15.9 Å². The Labute approximate surface area is 122 Å². The Bertz CT molecular complexity index is 807. The Hall–Kier alpha value is -2.12. The molecule has 3 N–H and O–H groups in total. The number of nitrogens with zero attached hydrogens (tertiary/aromatic N) is 1. The van der Waals surface area contributed by atoms with E-state index < -0.39 is 5.97 Å². The van der Waals surface area contributed by atoms with Crippen LogP contribution in [0, 0.1) is 0 Å². The number of methoxy groups -OCH3 is 1. The highest BCUT2D eigenvalue weighted by molar-refractivity contribution is 7.23. The summed E-state index contributed by atoms with van der Waals surface area (Å²) in [6.45, 7) is 0. The van der Waals surface area contributed by atoms with Gasteiger partial charge in [-0.05, 0) is 17.5 Å². The summed E-state index contributed by atoms with van der Waals surface area (Å²) in [6, 6.07) is 3.80. The number of nitrogens with two attached hydrogens (primary N) is 1. The molecular formula is C13H10N2O3S2. The predicted molar refractivity (Wildman–Crippen MR) is 80.9 cm³/mol. The van der Waals surface area contributed by atoms with Gasteiger partial charge in [0, 0.05) is 22.0 Å². The number of nitrogen functional groups attached to an aromatic ring is 1. The standard InChI is InChI=1S/C13H10N2O3S2/c1-18-13-6(2-3-19-13)9-4-7-10(20-9)8(12(16)17)5-15-11(7)14/h2-5H,1H3,(H2,14,15)(H,16,17). The van der Waals surface area contributed by atoms with Crippen molar-refractivity contribution in [1.82, 2.24) is 4.98 Å². The van der Waals surface area contributed by atoms with E-state index in [4.69, 9.17) is 10.5 Å². The molecule has 102 valence electrons. The van der Waals surface area contributed by atoms with Gasteiger partial charge in [-0.3, -0.25) is 0 Å². The van der Waals surface area contributed by atoms with Gasteiger partial charge in [-0.15, -0.1) is 22.7 Å². The van der Waals surface area contributed by atoms with E-state index in [1.54, 1.807) is 7.11 Å². The average Bonchev–Trinajstić information content (AvgIpc) is 3.04. The minimum atomic E-state index is -1.01. The molecule has 7 heteroatoms. The molecule has 0 saturated carbocycles. The van der Waals surface area contributed by atoms with Gasteiger partial charge in [0.1, 0.15) is 5.82 Å². The van der Waals surface area contributed by atoms with Crippen LogP contribution in [0.25, 0.3) is 20.5 Å². The largest absolute Gasteiger partial charge is 0.487 e. The van der Waals surface area contributed by atoms with Crippen molar-refractivity contribution in [3.05, 3.63) is 29.3 Å². The average molecular weight is 306 g/mol. The third-order valence-electron chi connectivity index (χ3n) is 2.90. The van der Waals surface area contributed by atoms with Crippen LogP contribution in [0.4, 0.5) is 5.82 Å². The summed E-state index contributed by atoms with van der Waals surface area (Å²) in [5.41, 5.74) is 6.94. The van der Waals surface area contributed by atoms with Gasteiger partial charge in [0.2, 0.25) is 0 Å². The third kappa shape index (κ3) is 1.91. The lowest BCUT2D eigenvalue weighted by atomic mass is 10.2. The second kappa shape index (κ2) is 4.77. The van der Waals surface area contributed by atoms with Crippen LogP contribution in [-0.2, 0) is 0 Å². The highest BCUT2D eigenvalue weighted by Gasteiger charge is 2.17. The van der Waals surface area contributed by atoms with Gasteiger partial charge in [-0.1, -0.05) is 0 Å². The first-order valence-corrected chi connectivity index (χ1v) is 7.34. The van der Waals surface area contributed by atoms with Crippen LogP contribution >= 0.6 is 22.7 Å². The summed E-state index contributed by atoms with van der Waals surface area (Å²) in [6.07, 6.45) is 1.30. The number of ether oxygens (including phenoxy) is 1. The van der Waals surface area contributed by atoms with Crippen molar-refractivity contribution in [1.29, 1.82) is 0 Å². The maximum Gasteiger partial charge on any atom is 0.338 e. The molecule has 3 heterocycles. The SMILES string of the molecule is COc1sccc1-c1cc2c(N)ncc(C(=O)O)c2s1. The highest BCUT2D eigenvalue weighted by atomic mass is 32.1. The van der Waals surface area contributed by atoms with Gasteiger partial charge in [0.15, 0.2) is 5.06 Å². The zero-order valence-corrected chi connectivity index (χ0v) is 12.0. The molecule has 0 aliphatic rings. The summed E-state index contributed by atoms with van der Waals surface area (Å²) >= 11 is 2.87. The molecule has 5 nitrogen and oxygen atoms in total. The van der Waals surface area contributed by atoms with E-state index in [-0.39, 0.29) is 5.56 Å². The van der Waals surface area contributed by atoms with Gasteiger partial charge in [0.25, 0.3) is 0 Å². The highest BCUT2D eigenvalue weighted by Crippen LogP contribution is 2.42. The quantitative estimate of drug-likeness (QED) is 0.775. The number of rotatable bonds is 3. The smallest absolute Gasteiger partial charge is 0.338 e. The number of carbonyl (C=O) groups is 1. The van der Waals surface area contributed by atoms with Crippen LogP contribution in [0.3, 0.4) is 0 Å². The lowest BCUT2D eigenvalue weighted by Gasteiger charge is -1.98. The topological polar surface area (TPSA) is 85.4 Å². The van der Waals surface area contributed by atoms with Crippen LogP contribution < -0.4 is 10.5 Å².